The van der Waals surface area contributed by atoms with Crippen molar-refractivity contribution in [3.63, 3.8) is 0 Å². The summed E-state index contributed by atoms with van der Waals surface area (Å²) in [5, 5.41) is 18.1. The van der Waals surface area contributed by atoms with Crippen molar-refractivity contribution in [1.29, 1.82) is 0 Å². The Morgan fingerprint density at radius 2 is 0.610 bits per heavy atom. The van der Waals surface area contributed by atoms with Crippen molar-refractivity contribution < 1.29 is 4.42 Å². The lowest BCUT2D eigenvalue weighted by Gasteiger charge is -2.19. The highest BCUT2D eigenvalue weighted by Gasteiger charge is 2.24. The van der Waals surface area contributed by atoms with Gasteiger partial charge in [-0.05, 0) is 92.3 Å². The molecule has 0 unspecified atom stereocenters. The molecule has 18 aromatic rings. The highest BCUT2D eigenvalue weighted by atomic mass is 32.1. The molecule has 0 bridgehead atoms. The highest BCUT2D eigenvalue weighted by molar-refractivity contribution is 7.25. The molecular formula is C90H84N8OS. The molecule has 0 amide bonds. The number of furan rings is 1. The van der Waals surface area contributed by atoms with Crippen LogP contribution in [0.15, 0.2) is 241 Å². The van der Waals surface area contributed by atoms with E-state index in [1.165, 1.54) is 79.4 Å². The Hall–Kier alpha value is -10.7. The summed E-state index contributed by atoms with van der Waals surface area (Å²) < 4.78 is 8.36. The van der Waals surface area contributed by atoms with Crippen LogP contribution in [0, 0.1) is 0 Å². The van der Waals surface area contributed by atoms with Crippen molar-refractivity contribution >= 4 is 151 Å². The molecule has 9 nitrogen and oxygen atoms in total. The number of benzene rings is 10. The molecule has 18 rings (SSSR count). The molecule has 8 heterocycles. The predicted molar refractivity (Wildman–Crippen MR) is 426 cm³/mol. The molecule has 10 aromatic carbocycles. The summed E-state index contributed by atoms with van der Waals surface area (Å²) in [6.45, 7) is 32.7. The quantitative estimate of drug-likeness (QED) is 0.137. The van der Waals surface area contributed by atoms with E-state index in [0.717, 1.165) is 89.2 Å². The Morgan fingerprint density at radius 1 is 0.230 bits per heavy atom. The maximum Gasteiger partial charge on any atom is 0.153 e. The molecule has 0 atom stereocenters. The number of para-hydroxylation sites is 1. The zero-order valence-corrected chi connectivity index (χ0v) is 60.7. The van der Waals surface area contributed by atoms with Gasteiger partial charge in [0, 0.05) is 111 Å². The zero-order chi connectivity index (χ0) is 70.0. The number of thiophene rings is 1. The van der Waals surface area contributed by atoms with Crippen molar-refractivity contribution in [2.24, 2.45) is 0 Å². The number of hydrogen-bond donors (Lipinski definition) is 0. The third-order valence-electron chi connectivity index (χ3n) is 18.5. The summed E-state index contributed by atoms with van der Waals surface area (Å²) in [6.07, 6.45) is 5.75. The van der Waals surface area contributed by atoms with Gasteiger partial charge in [0.05, 0.1) is 43.5 Å². The second-order valence-corrected chi connectivity index (χ2v) is 32.2. The van der Waals surface area contributed by atoms with Crippen molar-refractivity contribution in [3.8, 4) is 0 Å². The first-order chi connectivity index (χ1) is 47.8. The van der Waals surface area contributed by atoms with E-state index in [-0.39, 0.29) is 27.1 Å². The zero-order valence-electron chi connectivity index (χ0n) is 59.9. The maximum absolute atomic E-state index is 5.76. The monoisotopic (exact) mass is 1320 g/mol. The van der Waals surface area contributed by atoms with Gasteiger partial charge in [-0.2, -0.15) is 0 Å². The minimum atomic E-state index is -0.0546. The van der Waals surface area contributed by atoms with Crippen molar-refractivity contribution in [2.45, 2.75) is 131 Å². The second kappa shape index (κ2) is 25.9. The average Bonchev–Trinajstić information content (AvgIpc) is 1.01. The fourth-order valence-corrected chi connectivity index (χ4v) is 14.1. The number of pyridine rings is 4. The van der Waals surface area contributed by atoms with Gasteiger partial charge in [0.1, 0.15) is 16.9 Å². The van der Waals surface area contributed by atoms with Crippen LogP contribution < -0.4 is 0 Å². The fraction of sp³-hybridized carbons (Fsp3) is 0.222. The van der Waals surface area contributed by atoms with Gasteiger partial charge in [0.25, 0.3) is 0 Å². The summed E-state index contributed by atoms with van der Waals surface area (Å²) in [5.74, 6) is 0.889. The molecule has 8 aromatic heterocycles. The third kappa shape index (κ3) is 12.9. The minimum absolute atomic E-state index is 0.00601. The van der Waals surface area contributed by atoms with Crippen LogP contribution in [0.2, 0.25) is 0 Å². The van der Waals surface area contributed by atoms with Crippen LogP contribution in [0.3, 0.4) is 0 Å². The van der Waals surface area contributed by atoms with E-state index < -0.39 is 0 Å². The molecule has 0 aliphatic heterocycles. The van der Waals surface area contributed by atoms with Crippen LogP contribution in [0.4, 0.5) is 0 Å². The minimum Gasteiger partial charge on any atom is -0.454 e. The number of fused-ring (bicyclic) bond motifs is 24. The van der Waals surface area contributed by atoms with Gasteiger partial charge in [-0.25, -0.2) is 24.9 Å². The molecule has 10 heteroatoms. The molecule has 0 aliphatic rings. The van der Waals surface area contributed by atoms with Crippen molar-refractivity contribution in [1.82, 2.24) is 39.9 Å². The molecule has 0 spiro atoms. The summed E-state index contributed by atoms with van der Waals surface area (Å²) in [4.78, 5) is 38.4. The van der Waals surface area contributed by atoms with Crippen LogP contribution in [0.1, 0.15) is 132 Å². The topological polar surface area (TPSA) is 116 Å². The van der Waals surface area contributed by atoms with Crippen LogP contribution in [-0.2, 0) is 27.1 Å². The molecule has 0 saturated carbocycles. The van der Waals surface area contributed by atoms with Crippen LogP contribution in [0.5, 0.6) is 0 Å². The van der Waals surface area contributed by atoms with Gasteiger partial charge in [-0.15, -0.1) is 11.3 Å². The van der Waals surface area contributed by atoms with Crippen LogP contribution in [0.25, 0.3) is 140 Å². The van der Waals surface area contributed by atoms with Crippen molar-refractivity contribution in [3.05, 3.63) is 266 Å². The van der Waals surface area contributed by atoms with Gasteiger partial charge >= 0.3 is 0 Å². The fourth-order valence-electron chi connectivity index (χ4n) is 13.1. The van der Waals surface area contributed by atoms with Gasteiger partial charge in [0.2, 0.25) is 0 Å². The van der Waals surface area contributed by atoms with E-state index in [1.807, 2.05) is 66.3 Å². The van der Waals surface area contributed by atoms with E-state index in [9.17, 15) is 0 Å². The number of aromatic nitrogens is 8. The Bertz CT molecular complexity index is 5520. The molecule has 0 radical (unpaired) electrons. The molecule has 0 N–H and O–H groups in total. The summed E-state index contributed by atoms with van der Waals surface area (Å²) >= 11 is 1.82. The van der Waals surface area contributed by atoms with Crippen LogP contribution in [-0.4, -0.2) is 39.9 Å². The lowest BCUT2D eigenvalue weighted by Crippen LogP contribution is -2.15. The first-order valence-electron chi connectivity index (χ1n) is 34.6. The average molecular weight is 1330 g/mol. The number of rotatable bonds is 0. The molecule has 0 aliphatic carbocycles. The Labute approximate surface area is 588 Å². The molecular weight excluding hydrogens is 1240 g/mol. The molecule has 496 valence electrons. The Morgan fingerprint density at radius 3 is 1.14 bits per heavy atom. The van der Waals surface area contributed by atoms with E-state index in [4.69, 9.17) is 34.3 Å². The number of hydrogen-bond acceptors (Lipinski definition) is 10. The van der Waals surface area contributed by atoms with E-state index in [1.54, 1.807) is 0 Å². The summed E-state index contributed by atoms with van der Waals surface area (Å²) in [7, 11) is 0. The van der Waals surface area contributed by atoms with E-state index in [2.05, 4.69) is 296 Å². The van der Waals surface area contributed by atoms with Gasteiger partial charge < -0.3 is 4.42 Å². The molecule has 100 heavy (non-hydrogen) atoms. The maximum atomic E-state index is 5.76. The van der Waals surface area contributed by atoms with Crippen molar-refractivity contribution in [2.75, 3.05) is 0 Å². The Kier molecular flexibility index (Phi) is 17.2. The highest BCUT2D eigenvalue weighted by Crippen LogP contribution is 2.40. The van der Waals surface area contributed by atoms with Gasteiger partial charge in [-0.1, -0.05) is 268 Å². The van der Waals surface area contributed by atoms with E-state index >= 15 is 0 Å². The SMILES string of the molecule is CC(C)(C)c1ccc2c3ccccc3c3cccnc3c2n1.CC(C)(C)c1ccc2oc3ccccc3c2n1.CC(C)(C)c1ccc2sc3ccccc3c2n1.CC(C)(C)c1cnc2c3ccccc3c3ccccc3c2n1.CC(C)(C)c1ncc2c3ccccc3c3ccccc3c2n1. The van der Waals surface area contributed by atoms with Gasteiger partial charge in [-0.3, -0.25) is 15.0 Å². The second-order valence-electron chi connectivity index (χ2n) is 31.2. The predicted octanol–water partition coefficient (Wildman–Crippen LogP) is 24.7. The first-order valence-corrected chi connectivity index (χ1v) is 35.4. The molecule has 0 saturated heterocycles. The number of nitrogens with zero attached hydrogens (tertiary/aromatic N) is 8. The first kappa shape index (κ1) is 66.5. The van der Waals surface area contributed by atoms with Gasteiger partial charge in [0.15, 0.2) is 5.58 Å². The Balaban J connectivity index is 0.000000107. The van der Waals surface area contributed by atoms with E-state index in [0.29, 0.717) is 0 Å². The molecule has 0 fully saturated rings. The normalized spacial score (nSPS) is 12.3. The standard InChI is InChI=1S/3C20H18N2.C15H15NO.C15H15NS/c1-20(2,3)17-12-21-18-15-10-6-4-8-13(15)14-9-5-7-11-16(14)19(18)22-17;1-20(2,3)19-21-12-17-15-10-5-4-8-13(15)14-9-6-7-11-16(14)18(17)22-19;1-20(2,3)17-11-10-16-14-8-5-4-7-13(14)15-9-6-12-21-18(15)19(16)22-17;2*1-15(2,3)13-9-8-12-14(16-13)10-6-4-5-7-11(10)17-12/h3*4-12H,1-3H3;2*4-9H,1-3H3. The summed E-state index contributed by atoms with van der Waals surface area (Å²) in [5.41, 5.74) is 13.4. The lowest BCUT2D eigenvalue weighted by atomic mass is 9.90. The van der Waals surface area contributed by atoms with Crippen LogP contribution >= 0.6 is 11.3 Å². The summed E-state index contributed by atoms with van der Waals surface area (Å²) in [6, 6.07) is 75.8. The lowest BCUT2D eigenvalue weighted by molar-refractivity contribution is 0.548. The third-order valence-corrected chi connectivity index (χ3v) is 19.7. The largest absolute Gasteiger partial charge is 0.454 e. The smallest absolute Gasteiger partial charge is 0.153 e.